The van der Waals surface area contributed by atoms with Crippen LogP contribution < -0.4 is 11.3 Å². The first-order valence-corrected chi connectivity index (χ1v) is 6.58. The average molecular weight is 268 g/mol. The SMILES string of the molecule is Cc1nc(CC(NN)c2ccccc2Cl)cs1. The van der Waals surface area contributed by atoms with Crippen molar-refractivity contribution in [3.05, 3.63) is 50.9 Å². The number of hydrogen-bond donors (Lipinski definition) is 2. The number of rotatable bonds is 4. The Morgan fingerprint density at radius 1 is 1.47 bits per heavy atom. The maximum Gasteiger partial charge on any atom is 0.0897 e. The van der Waals surface area contributed by atoms with Gasteiger partial charge in [-0.3, -0.25) is 11.3 Å². The number of hydrogen-bond acceptors (Lipinski definition) is 4. The van der Waals surface area contributed by atoms with E-state index in [1.807, 2.05) is 31.2 Å². The maximum atomic E-state index is 6.16. The zero-order valence-electron chi connectivity index (χ0n) is 9.48. The Hall–Kier alpha value is -0.940. The fourth-order valence-electron chi connectivity index (χ4n) is 1.73. The molecule has 1 aromatic carbocycles. The van der Waals surface area contributed by atoms with Crippen molar-refractivity contribution in [3.63, 3.8) is 0 Å². The first-order valence-electron chi connectivity index (χ1n) is 5.32. The molecule has 2 rings (SSSR count). The van der Waals surface area contributed by atoms with Crippen molar-refractivity contribution in [2.75, 3.05) is 0 Å². The molecule has 3 nitrogen and oxygen atoms in total. The lowest BCUT2D eigenvalue weighted by Gasteiger charge is -2.16. The average Bonchev–Trinajstić information content (AvgIpc) is 2.73. The quantitative estimate of drug-likeness (QED) is 0.662. The van der Waals surface area contributed by atoms with Gasteiger partial charge in [0.1, 0.15) is 0 Å². The molecule has 0 fully saturated rings. The predicted molar refractivity (Wildman–Crippen MR) is 72.1 cm³/mol. The largest absolute Gasteiger partial charge is 0.271 e. The first-order chi connectivity index (χ1) is 8.20. The van der Waals surface area contributed by atoms with Gasteiger partial charge in [0.05, 0.1) is 16.7 Å². The van der Waals surface area contributed by atoms with Gasteiger partial charge in [-0.25, -0.2) is 4.98 Å². The molecule has 0 saturated carbocycles. The van der Waals surface area contributed by atoms with Crippen LogP contribution in [0.4, 0.5) is 0 Å². The van der Waals surface area contributed by atoms with Gasteiger partial charge in [0.25, 0.3) is 0 Å². The molecular formula is C12H14ClN3S. The summed E-state index contributed by atoms with van der Waals surface area (Å²) in [6, 6.07) is 7.70. The minimum absolute atomic E-state index is 0.00907. The minimum Gasteiger partial charge on any atom is -0.271 e. The highest BCUT2D eigenvalue weighted by Gasteiger charge is 2.14. The lowest BCUT2D eigenvalue weighted by atomic mass is 10.0. The molecule has 2 aromatic rings. The van der Waals surface area contributed by atoms with Gasteiger partial charge in [-0.05, 0) is 18.6 Å². The van der Waals surface area contributed by atoms with Crippen molar-refractivity contribution in [2.45, 2.75) is 19.4 Å². The monoisotopic (exact) mass is 267 g/mol. The maximum absolute atomic E-state index is 6.16. The van der Waals surface area contributed by atoms with Gasteiger partial charge in [0.2, 0.25) is 0 Å². The van der Waals surface area contributed by atoms with Crippen LogP contribution in [-0.4, -0.2) is 4.98 Å². The second kappa shape index (κ2) is 5.60. The lowest BCUT2D eigenvalue weighted by molar-refractivity contribution is 0.547. The molecular weight excluding hydrogens is 254 g/mol. The molecule has 0 saturated heterocycles. The van der Waals surface area contributed by atoms with E-state index in [1.54, 1.807) is 11.3 Å². The van der Waals surface area contributed by atoms with E-state index in [1.165, 1.54) is 0 Å². The van der Waals surface area contributed by atoms with E-state index >= 15 is 0 Å². The molecule has 1 heterocycles. The van der Waals surface area contributed by atoms with Crippen LogP contribution in [0.25, 0.3) is 0 Å². The number of nitrogens with zero attached hydrogens (tertiary/aromatic N) is 1. The van der Waals surface area contributed by atoms with E-state index in [0.29, 0.717) is 0 Å². The Bertz CT molecular complexity index is 498. The standard InChI is InChI=1S/C12H14ClN3S/c1-8-15-9(7-17-8)6-12(16-14)10-4-2-3-5-11(10)13/h2-5,7,12,16H,6,14H2,1H3. The van der Waals surface area contributed by atoms with Gasteiger partial charge < -0.3 is 0 Å². The number of aryl methyl sites for hydroxylation is 1. The van der Waals surface area contributed by atoms with Gasteiger partial charge in [-0.2, -0.15) is 0 Å². The fourth-order valence-corrected chi connectivity index (χ4v) is 2.62. The molecule has 0 bridgehead atoms. The number of benzene rings is 1. The third kappa shape index (κ3) is 3.04. The van der Waals surface area contributed by atoms with Crippen LogP contribution in [0.15, 0.2) is 29.6 Å². The number of nitrogens with one attached hydrogen (secondary N) is 1. The van der Waals surface area contributed by atoms with E-state index in [2.05, 4.69) is 15.8 Å². The summed E-state index contributed by atoms with van der Waals surface area (Å²) in [5.41, 5.74) is 4.84. The predicted octanol–water partition coefficient (Wildman–Crippen LogP) is 2.85. The van der Waals surface area contributed by atoms with Crippen LogP contribution in [-0.2, 0) is 6.42 Å². The number of thiazole rings is 1. The van der Waals surface area contributed by atoms with E-state index in [4.69, 9.17) is 17.4 Å². The van der Waals surface area contributed by atoms with Crippen molar-refractivity contribution in [1.29, 1.82) is 0 Å². The highest BCUT2D eigenvalue weighted by Crippen LogP contribution is 2.25. The molecule has 0 aliphatic heterocycles. The fraction of sp³-hybridized carbons (Fsp3) is 0.250. The van der Waals surface area contributed by atoms with Crippen molar-refractivity contribution >= 4 is 22.9 Å². The summed E-state index contributed by atoms with van der Waals surface area (Å²) in [5.74, 6) is 5.60. The molecule has 1 unspecified atom stereocenters. The number of hydrazine groups is 1. The molecule has 0 amide bonds. The van der Waals surface area contributed by atoms with Gasteiger partial charge in [-0.15, -0.1) is 11.3 Å². The van der Waals surface area contributed by atoms with E-state index in [9.17, 15) is 0 Å². The van der Waals surface area contributed by atoms with Gasteiger partial charge in [0.15, 0.2) is 0 Å². The third-order valence-corrected chi connectivity index (χ3v) is 3.73. The molecule has 5 heteroatoms. The Kier molecular flexibility index (Phi) is 4.12. The topological polar surface area (TPSA) is 50.9 Å². The highest BCUT2D eigenvalue weighted by atomic mass is 35.5. The molecule has 0 radical (unpaired) electrons. The summed E-state index contributed by atoms with van der Waals surface area (Å²) < 4.78 is 0. The Morgan fingerprint density at radius 2 is 2.24 bits per heavy atom. The number of halogens is 1. The van der Waals surface area contributed by atoms with Crippen LogP contribution in [0.1, 0.15) is 22.3 Å². The van der Waals surface area contributed by atoms with Crippen molar-refractivity contribution in [3.8, 4) is 0 Å². The molecule has 0 aliphatic rings. The van der Waals surface area contributed by atoms with Crippen molar-refractivity contribution in [2.24, 2.45) is 5.84 Å². The number of aromatic nitrogens is 1. The summed E-state index contributed by atoms with van der Waals surface area (Å²) in [6.45, 7) is 1.99. The zero-order chi connectivity index (χ0) is 12.3. The molecule has 1 aromatic heterocycles. The van der Waals surface area contributed by atoms with E-state index in [-0.39, 0.29) is 6.04 Å². The van der Waals surface area contributed by atoms with E-state index < -0.39 is 0 Å². The third-order valence-electron chi connectivity index (χ3n) is 2.56. The van der Waals surface area contributed by atoms with Crippen LogP contribution in [0.2, 0.25) is 5.02 Å². The van der Waals surface area contributed by atoms with Gasteiger partial charge >= 0.3 is 0 Å². The Labute approximate surface area is 110 Å². The second-order valence-electron chi connectivity index (χ2n) is 3.80. The van der Waals surface area contributed by atoms with E-state index in [0.717, 1.165) is 27.7 Å². The lowest BCUT2D eigenvalue weighted by Crippen LogP contribution is -2.29. The second-order valence-corrected chi connectivity index (χ2v) is 5.27. The van der Waals surface area contributed by atoms with Crippen LogP contribution in [0.5, 0.6) is 0 Å². The normalized spacial score (nSPS) is 12.6. The number of nitrogens with two attached hydrogens (primary N) is 1. The van der Waals surface area contributed by atoms with Crippen LogP contribution >= 0.6 is 22.9 Å². The molecule has 0 spiro atoms. The molecule has 1 atom stereocenters. The van der Waals surface area contributed by atoms with Crippen molar-refractivity contribution < 1.29 is 0 Å². The van der Waals surface area contributed by atoms with Crippen molar-refractivity contribution in [1.82, 2.24) is 10.4 Å². The molecule has 17 heavy (non-hydrogen) atoms. The molecule has 90 valence electrons. The first kappa shape index (κ1) is 12.5. The summed E-state index contributed by atoms with van der Waals surface area (Å²) in [7, 11) is 0. The summed E-state index contributed by atoms with van der Waals surface area (Å²) in [4.78, 5) is 4.43. The summed E-state index contributed by atoms with van der Waals surface area (Å²) >= 11 is 7.80. The Morgan fingerprint density at radius 3 is 2.82 bits per heavy atom. The smallest absolute Gasteiger partial charge is 0.0897 e. The molecule has 3 N–H and O–H groups in total. The van der Waals surface area contributed by atoms with Gasteiger partial charge in [-0.1, -0.05) is 29.8 Å². The molecule has 0 aliphatic carbocycles. The van der Waals surface area contributed by atoms with Crippen LogP contribution in [0.3, 0.4) is 0 Å². The summed E-state index contributed by atoms with van der Waals surface area (Å²) in [6.07, 6.45) is 0.741. The zero-order valence-corrected chi connectivity index (χ0v) is 11.1. The summed E-state index contributed by atoms with van der Waals surface area (Å²) in [5, 5.41) is 3.84. The Balaban J connectivity index is 2.20. The van der Waals surface area contributed by atoms with Gasteiger partial charge in [0, 0.05) is 16.8 Å². The highest BCUT2D eigenvalue weighted by molar-refractivity contribution is 7.09. The van der Waals surface area contributed by atoms with Crippen LogP contribution in [0, 0.1) is 6.92 Å². The minimum atomic E-state index is -0.00907.